The minimum absolute atomic E-state index is 0.0726. The van der Waals surface area contributed by atoms with Gasteiger partial charge in [0, 0.05) is 30.8 Å². The average Bonchev–Trinajstić information content (AvgIpc) is 3.21. The van der Waals surface area contributed by atoms with Crippen LogP contribution in [0.15, 0.2) is 35.4 Å². The van der Waals surface area contributed by atoms with E-state index >= 15 is 0 Å². The van der Waals surface area contributed by atoms with Gasteiger partial charge in [0.15, 0.2) is 17.7 Å². The Morgan fingerprint density at radius 1 is 1.15 bits per heavy atom. The number of hydrogen-bond donors (Lipinski definition) is 1. The van der Waals surface area contributed by atoms with Crippen molar-refractivity contribution in [1.29, 1.82) is 0 Å². The zero-order chi connectivity index (χ0) is 23.3. The van der Waals surface area contributed by atoms with Gasteiger partial charge in [-0.3, -0.25) is 4.79 Å². The quantitative estimate of drug-likeness (QED) is 0.761. The van der Waals surface area contributed by atoms with E-state index in [1.165, 1.54) is 34.3 Å². The van der Waals surface area contributed by atoms with Crippen LogP contribution in [0.3, 0.4) is 0 Å². The van der Waals surface area contributed by atoms with E-state index in [9.17, 15) is 22.8 Å². The van der Waals surface area contributed by atoms with Crippen molar-refractivity contribution in [1.82, 2.24) is 9.91 Å². The van der Waals surface area contributed by atoms with Crippen molar-refractivity contribution in [3.8, 4) is 11.5 Å². The first-order chi connectivity index (χ1) is 15.8. The van der Waals surface area contributed by atoms with Crippen molar-refractivity contribution in [3.63, 3.8) is 0 Å². The molecule has 11 heteroatoms. The van der Waals surface area contributed by atoms with Crippen LogP contribution in [-0.2, 0) is 4.79 Å². The molecule has 0 aliphatic carbocycles. The highest BCUT2D eigenvalue weighted by molar-refractivity contribution is 5.97. The van der Waals surface area contributed by atoms with E-state index in [1.807, 2.05) is 0 Å². The predicted octanol–water partition coefficient (Wildman–Crippen LogP) is 3.44. The van der Waals surface area contributed by atoms with Gasteiger partial charge in [0.1, 0.15) is 23.5 Å². The highest BCUT2D eigenvalue weighted by atomic mass is 19.1. The van der Waals surface area contributed by atoms with Crippen LogP contribution in [0.1, 0.15) is 24.9 Å². The summed E-state index contributed by atoms with van der Waals surface area (Å²) in [7, 11) is 0. The molecule has 0 aromatic heterocycles. The lowest BCUT2D eigenvalue weighted by Gasteiger charge is -2.41. The summed E-state index contributed by atoms with van der Waals surface area (Å²) in [5, 5.41) is 7.86. The maximum absolute atomic E-state index is 14.4. The smallest absolute Gasteiger partial charge is 0.341 e. The normalized spacial score (nSPS) is 21.9. The molecule has 8 nitrogen and oxygen atoms in total. The standard InChI is InChI=1S/C22H19F3N4O4/c1-11-21(30)27-17-8-19(16(25)7-20(17)32-11)33-15-9-28(10-15)22(31)29-18(2-3-26-29)12-4-13(23)6-14(24)5-12/h3-8,11,15,18H,2,9-10H2,1H3,(H,27,30)/t11?,18-/m0/s1. The molecule has 33 heavy (non-hydrogen) atoms. The Bertz CT molecular complexity index is 1150. The first kappa shape index (κ1) is 21.1. The number of halogens is 3. The molecule has 0 spiro atoms. The number of rotatable bonds is 3. The van der Waals surface area contributed by atoms with Gasteiger partial charge in [-0.2, -0.15) is 5.10 Å². The maximum atomic E-state index is 14.4. The molecule has 3 amide bonds. The summed E-state index contributed by atoms with van der Waals surface area (Å²) in [5.74, 6) is -2.33. The van der Waals surface area contributed by atoms with Crippen molar-refractivity contribution >= 4 is 23.8 Å². The zero-order valence-electron chi connectivity index (χ0n) is 17.4. The van der Waals surface area contributed by atoms with Crippen molar-refractivity contribution in [2.24, 2.45) is 5.10 Å². The van der Waals surface area contributed by atoms with Crippen molar-refractivity contribution in [3.05, 3.63) is 53.3 Å². The highest BCUT2D eigenvalue weighted by Gasteiger charge is 2.39. The van der Waals surface area contributed by atoms with Crippen LogP contribution < -0.4 is 14.8 Å². The van der Waals surface area contributed by atoms with E-state index in [2.05, 4.69) is 10.4 Å². The Balaban J connectivity index is 1.23. The Kier molecular flexibility index (Phi) is 5.10. The van der Waals surface area contributed by atoms with E-state index in [0.29, 0.717) is 17.7 Å². The van der Waals surface area contributed by atoms with Crippen molar-refractivity contribution in [2.45, 2.75) is 31.6 Å². The van der Waals surface area contributed by atoms with Crippen molar-refractivity contribution < 1.29 is 32.2 Å². The number of nitrogens with one attached hydrogen (secondary N) is 1. The van der Waals surface area contributed by atoms with E-state index in [1.54, 1.807) is 6.92 Å². The first-order valence-corrected chi connectivity index (χ1v) is 10.3. The molecular formula is C22H19F3N4O4. The number of amides is 3. The second-order valence-electron chi connectivity index (χ2n) is 8.05. The van der Waals surface area contributed by atoms with Crippen LogP contribution in [0.5, 0.6) is 11.5 Å². The molecule has 1 N–H and O–H groups in total. The van der Waals surface area contributed by atoms with Gasteiger partial charge in [-0.25, -0.2) is 23.0 Å². The Morgan fingerprint density at radius 3 is 2.61 bits per heavy atom. The number of carbonyl (C=O) groups excluding carboxylic acids is 2. The molecule has 1 saturated heterocycles. The van der Waals surface area contributed by atoms with Gasteiger partial charge >= 0.3 is 6.03 Å². The highest BCUT2D eigenvalue weighted by Crippen LogP contribution is 2.37. The zero-order valence-corrected chi connectivity index (χ0v) is 17.4. The molecule has 0 bridgehead atoms. The van der Waals surface area contributed by atoms with Gasteiger partial charge < -0.3 is 19.7 Å². The van der Waals surface area contributed by atoms with Crippen LogP contribution in [0.2, 0.25) is 0 Å². The largest absolute Gasteiger partial charge is 0.484 e. The summed E-state index contributed by atoms with van der Waals surface area (Å²) < 4.78 is 52.7. The summed E-state index contributed by atoms with van der Waals surface area (Å²) in [6, 6.07) is 4.54. The molecule has 0 radical (unpaired) electrons. The molecule has 1 unspecified atom stereocenters. The van der Waals surface area contributed by atoms with Gasteiger partial charge in [0.25, 0.3) is 5.91 Å². The molecule has 2 atom stereocenters. The lowest BCUT2D eigenvalue weighted by atomic mass is 10.0. The number of nitrogens with zero attached hydrogens (tertiary/aromatic N) is 3. The monoisotopic (exact) mass is 460 g/mol. The van der Waals surface area contributed by atoms with Gasteiger partial charge in [-0.15, -0.1) is 0 Å². The lowest BCUT2D eigenvalue weighted by molar-refractivity contribution is -0.122. The molecule has 3 heterocycles. The van der Waals surface area contributed by atoms with Gasteiger partial charge in [0.05, 0.1) is 24.8 Å². The second kappa shape index (κ2) is 7.98. The number of anilines is 1. The fourth-order valence-corrected chi connectivity index (χ4v) is 3.94. The van der Waals surface area contributed by atoms with Crippen LogP contribution in [0, 0.1) is 17.5 Å². The van der Waals surface area contributed by atoms with Gasteiger partial charge in [-0.1, -0.05) is 0 Å². The summed E-state index contributed by atoms with van der Waals surface area (Å²) in [6.45, 7) is 1.90. The Morgan fingerprint density at radius 2 is 1.88 bits per heavy atom. The van der Waals surface area contributed by atoms with Gasteiger partial charge in [0.2, 0.25) is 0 Å². The molecule has 0 saturated carbocycles. The second-order valence-corrected chi connectivity index (χ2v) is 8.05. The van der Waals surface area contributed by atoms with E-state index < -0.39 is 41.7 Å². The van der Waals surface area contributed by atoms with Crippen LogP contribution in [0.25, 0.3) is 0 Å². The third-order valence-corrected chi connectivity index (χ3v) is 5.67. The SMILES string of the molecule is CC1Oc2cc(F)c(OC3CN(C(=O)N4N=CC[C@H]4c4cc(F)cc(F)c4)C3)cc2NC1=O. The number of urea groups is 1. The van der Waals surface area contributed by atoms with Crippen LogP contribution in [-0.4, -0.2) is 53.4 Å². The van der Waals surface area contributed by atoms with E-state index in [0.717, 1.165) is 12.1 Å². The molecule has 3 aliphatic rings. The summed E-state index contributed by atoms with van der Waals surface area (Å²) in [5.41, 5.74) is 0.611. The predicted molar refractivity (Wildman–Crippen MR) is 111 cm³/mol. The van der Waals surface area contributed by atoms with Gasteiger partial charge in [-0.05, 0) is 24.6 Å². The third-order valence-electron chi connectivity index (χ3n) is 5.67. The minimum Gasteiger partial charge on any atom is -0.484 e. The minimum atomic E-state index is -0.732. The maximum Gasteiger partial charge on any atom is 0.341 e. The number of hydrazone groups is 1. The molecule has 2 aromatic rings. The number of fused-ring (bicyclic) bond motifs is 1. The number of hydrogen-bond acceptors (Lipinski definition) is 5. The molecule has 1 fully saturated rings. The lowest BCUT2D eigenvalue weighted by Crippen LogP contribution is -2.58. The van der Waals surface area contributed by atoms with Crippen LogP contribution in [0.4, 0.5) is 23.7 Å². The number of ether oxygens (including phenoxy) is 2. The molecule has 172 valence electrons. The average molecular weight is 460 g/mol. The molecule has 5 rings (SSSR count). The Labute approximate surface area is 186 Å². The molecule has 2 aromatic carbocycles. The Hall–Kier alpha value is -3.76. The number of carbonyl (C=O) groups is 2. The number of benzene rings is 2. The fraction of sp³-hybridized carbons (Fsp3) is 0.318. The summed E-state index contributed by atoms with van der Waals surface area (Å²) in [6.07, 6.45) is 0.640. The molecule has 3 aliphatic heterocycles. The topological polar surface area (TPSA) is 83.5 Å². The van der Waals surface area contributed by atoms with E-state index in [-0.39, 0.29) is 30.5 Å². The third kappa shape index (κ3) is 3.94. The molecular weight excluding hydrogens is 441 g/mol. The first-order valence-electron chi connectivity index (χ1n) is 10.3. The summed E-state index contributed by atoms with van der Waals surface area (Å²) >= 11 is 0. The fourth-order valence-electron chi connectivity index (χ4n) is 3.94. The van der Waals surface area contributed by atoms with E-state index in [4.69, 9.17) is 9.47 Å². The van der Waals surface area contributed by atoms with Crippen molar-refractivity contribution in [2.75, 3.05) is 18.4 Å². The number of likely N-dealkylation sites (tertiary alicyclic amines) is 1. The van der Waals surface area contributed by atoms with Crippen LogP contribution >= 0.6 is 0 Å². The summed E-state index contributed by atoms with van der Waals surface area (Å²) in [4.78, 5) is 26.1.